The van der Waals surface area contributed by atoms with Crippen LogP contribution in [-0.2, 0) is 11.7 Å². The summed E-state index contributed by atoms with van der Waals surface area (Å²) in [5, 5.41) is 19.4. The van der Waals surface area contributed by atoms with Crippen LogP contribution in [0.2, 0.25) is 0 Å². The van der Waals surface area contributed by atoms with E-state index >= 15 is 0 Å². The van der Waals surface area contributed by atoms with Crippen molar-refractivity contribution in [2.24, 2.45) is 5.92 Å². The number of nitrogens with one attached hydrogen (secondary N) is 1. The molecule has 2 aliphatic rings. The molecule has 3 unspecified atom stereocenters. The van der Waals surface area contributed by atoms with Crippen molar-refractivity contribution in [1.82, 2.24) is 25.1 Å². The highest BCUT2D eigenvalue weighted by atomic mass is 19.4. The molecule has 2 aromatic heterocycles. The van der Waals surface area contributed by atoms with Gasteiger partial charge in [-0.3, -0.25) is 0 Å². The Bertz CT molecular complexity index is 1400. The Morgan fingerprint density at radius 2 is 2.08 bits per heavy atom. The molecule has 186 valence electrons. The molecule has 1 aliphatic carbocycles. The van der Waals surface area contributed by atoms with E-state index < -0.39 is 46.2 Å². The van der Waals surface area contributed by atoms with E-state index in [9.17, 15) is 22.4 Å². The summed E-state index contributed by atoms with van der Waals surface area (Å²) in [5.74, 6) is -0.839. The Labute approximate surface area is 202 Å². The largest absolute Gasteiger partial charge is 0.423 e. The lowest BCUT2D eigenvalue weighted by atomic mass is 9.64. The number of amides is 2. The molecule has 3 aromatic rings. The molecule has 9 nitrogen and oxygen atoms in total. The van der Waals surface area contributed by atoms with E-state index in [4.69, 9.17) is 9.68 Å². The zero-order valence-electron chi connectivity index (χ0n) is 19.1. The quantitative estimate of drug-likeness (QED) is 0.512. The maximum atomic E-state index is 14.9. The van der Waals surface area contributed by atoms with Gasteiger partial charge in [0.05, 0.1) is 11.3 Å². The van der Waals surface area contributed by atoms with Gasteiger partial charge in [0.25, 0.3) is 0 Å². The molecule has 0 radical (unpaired) electrons. The van der Waals surface area contributed by atoms with E-state index in [0.717, 1.165) is 12.3 Å². The average molecular weight is 501 g/mol. The standard InChI is InChI=1S/C23H19F4N7O2/c1-11-5-14-9-22(8-11,20-33-32-12(2)36-20)34(14)21(35)31-18-6-15(16(7-17(18)24)23(25,26)27)19-29-4-3-13(10-28)30-19/h3-4,6-7,11,14H,5,8-9H2,1-2H3,(H,31,35). The molecule has 36 heavy (non-hydrogen) atoms. The van der Waals surface area contributed by atoms with Gasteiger partial charge in [0.1, 0.15) is 23.1 Å². The molecule has 3 atom stereocenters. The van der Waals surface area contributed by atoms with Crippen molar-refractivity contribution in [2.45, 2.75) is 50.9 Å². The summed E-state index contributed by atoms with van der Waals surface area (Å²) in [4.78, 5) is 22.5. The zero-order chi connectivity index (χ0) is 25.8. The lowest BCUT2D eigenvalue weighted by molar-refractivity contribution is -0.137. The van der Waals surface area contributed by atoms with Crippen molar-refractivity contribution in [2.75, 3.05) is 5.32 Å². The Morgan fingerprint density at radius 3 is 2.75 bits per heavy atom. The van der Waals surface area contributed by atoms with Crippen molar-refractivity contribution in [3.8, 4) is 17.5 Å². The molecule has 1 N–H and O–H groups in total. The highest BCUT2D eigenvalue weighted by Crippen LogP contribution is 2.55. The second-order valence-electron chi connectivity index (χ2n) is 9.11. The summed E-state index contributed by atoms with van der Waals surface area (Å²) < 4.78 is 61.6. The number of hydrogen-bond acceptors (Lipinski definition) is 7. The Balaban J connectivity index is 1.52. The van der Waals surface area contributed by atoms with Crippen LogP contribution in [0.5, 0.6) is 0 Å². The minimum atomic E-state index is -4.94. The molecule has 3 heterocycles. The number of fused-ring (bicyclic) bond motifs is 2. The number of urea groups is 1. The first-order chi connectivity index (χ1) is 17.0. The fourth-order valence-electron chi connectivity index (χ4n) is 5.25. The van der Waals surface area contributed by atoms with Gasteiger partial charge in [-0.1, -0.05) is 6.92 Å². The van der Waals surface area contributed by atoms with Crippen molar-refractivity contribution in [1.29, 1.82) is 5.26 Å². The van der Waals surface area contributed by atoms with Gasteiger partial charge in [0.15, 0.2) is 5.82 Å². The molecule has 1 saturated heterocycles. The summed E-state index contributed by atoms with van der Waals surface area (Å²) in [6, 6.07) is 3.19. The summed E-state index contributed by atoms with van der Waals surface area (Å²) >= 11 is 0. The van der Waals surface area contributed by atoms with Gasteiger partial charge < -0.3 is 14.6 Å². The highest BCUT2D eigenvalue weighted by molar-refractivity contribution is 5.92. The van der Waals surface area contributed by atoms with Gasteiger partial charge in [0, 0.05) is 31.1 Å². The van der Waals surface area contributed by atoms with E-state index in [1.165, 1.54) is 11.0 Å². The van der Waals surface area contributed by atoms with E-state index in [-0.39, 0.29) is 29.6 Å². The van der Waals surface area contributed by atoms with Crippen LogP contribution >= 0.6 is 0 Å². The van der Waals surface area contributed by atoms with Crippen LogP contribution in [0.15, 0.2) is 28.8 Å². The number of halogens is 4. The van der Waals surface area contributed by atoms with Crippen LogP contribution in [0.4, 0.5) is 28.0 Å². The predicted molar refractivity (Wildman–Crippen MR) is 116 cm³/mol. The monoisotopic (exact) mass is 501 g/mol. The van der Waals surface area contributed by atoms with Crippen LogP contribution in [0.3, 0.4) is 0 Å². The van der Waals surface area contributed by atoms with Crippen molar-refractivity contribution in [3.05, 3.63) is 53.3 Å². The van der Waals surface area contributed by atoms with E-state index in [1.807, 2.05) is 6.92 Å². The third kappa shape index (κ3) is 3.82. The number of hydrogen-bond donors (Lipinski definition) is 1. The Kier molecular flexibility index (Phi) is 5.42. The maximum absolute atomic E-state index is 14.9. The first-order valence-electron chi connectivity index (χ1n) is 11.1. The summed E-state index contributed by atoms with van der Waals surface area (Å²) in [5.41, 5.74) is -3.42. The van der Waals surface area contributed by atoms with Crippen LogP contribution in [0, 0.1) is 30.0 Å². The number of aromatic nitrogens is 4. The molecular formula is C23H19F4N7O2. The van der Waals surface area contributed by atoms with Gasteiger partial charge in [-0.25, -0.2) is 19.2 Å². The number of likely N-dealkylation sites (tertiary alicyclic amines) is 1. The van der Waals surface area contributed by atoms with Gasteiger partial charge in [-0.15, -0.1) is 10.2 Å². The van der Waals surface area contributed by atoms with Crippen LogP contribution < -0.4 is 5.32 Å². The number of piperidine rings is 1. The Morgan fingerprint density at radius 1 is 1.31 bits per heavy atom. The SMILES string of the molecule is Cc1nnc(C23CC(C)CC(C2)N3C(=O)Nc2cc(-c3nccc(C#N)n3)c(C(F)(F)F)cc2F)o1. The van der Waals surface area contributed by atoms with Gasteiger partial charge in [-0.2, -0.15) is 18.4 Å². The number of rotatable bonds is 3. The maximum Gasteiger partial charge on any atom is 0.417 e. The molecule has 2 amide bonds. The first kappa shape index (κ1) is 23.7. The third-order valence-electron chi connectivity index (χ3n) is 6.57. The number of nitrogens with zero attached hydrogens (tertiary/aromatic N) is 6. The predicted octanol–water partition coefficient (Wildman–Crippen LogP) is 4.80. The molecule has 0 spiro atoms. The summed E-state index contributed by atoms with van der Waals surface area (Å²) in [7, 11) is 0. The highest BCUT2D eigenvalue weighted by Gasteiger charge is 2.62. The lowest BCUT2D eigenvalue weighted by Gasteiger charge is -2.61. The minimum Gasteiger partial charge on any atom is -0.423 e. The molecule has 2 fully saturated rings. The molecule has 1 aliphatic heterocycles. The van der Waals surface area contributed by atoms with Crippen LogP contribution in [0.1, 0.15) is 49.2 Å². The molecular weight excluding hydrogens is 482 g/mol. The van der Waals surface area contributed by atoms with Gasteiger partial charge in [-0.05, 0) is 37.0 Å². The second kappa shape index (κ2) is 8.25. The van der Waals surface area contributed by atoms with Gasteiger partial charge in [0.2, 0.25) is 11.8 Å². The minimum absolute atomic E-state index is 0.164. The number of nitriles is 1. The van der Waals surface area contributed by atoms with E-state index in [2.05, 4.69) is 25.5 Å². The lowest BCUT2D eigenvalue weighted by Crippen LogP contribution is -2.70. The second-order valence-corrected chi connectivity index (χ2v) is 9.11. The normalized spacial score (nSPS) is 23.1. The summed E-state index contributed by atoms with van der Waals surface area (Å²) in [6.07, 6.45) is -1.97. The zero-order valence-corrected chi connectivity index (χ0v) is 19.1. The summed E-state index contributed by atoms with van der Waals surface area (Å²) in [6.45, 7) is 3.67. The average Bonchev–Trinajstić information content (AvgIpc) is 3.25. The van der Waals surface area contributed by atoms with E-state index in [0.29, 0.717) is 25.2 Å². The van der Waals surface area contributed by atoms with Crippen LogP contribution in [-0.4, -0.2) is 37.1 Å². The number of carbonyl (C=O) groups excluding carboxylic acids is 1. The molecule has 1 saturated carbocycles. The van der Waals surface area contributed by atoms with Crippen molar-refractivity contribution >= 4 is 11.7 Å². The Hall–Kier alpha value is -4.08. The number of benzene rings is 1. The fourth-order valence-corrected chi connectivity index (χ4v) is 5.25. The van der Waals surface area contributed by atoms with Crippen molar-refractivity contribution in [3.63, 3.8) is 0 Å². The number of carbonyl (C=O) groups is 1. The molecule has 5 rings (SSSR count). The smallest absolute Gasteiger partial charge is 0.417 e. The molecule has 2 bridgehead atoms. The van der Waals surface area contributed by atoms with Gasteiger partial charge >= 0.3 is 12.2 Å². The van der Waals surface area contributed by atoms with Crippen LogP contribution in [0.25, 0.3) is 11.4 Å². The fraction of sp³-hybridized carbons (Fsp3) is 0.391. The molecule has 1 aromatic carbocycles. The third-order valence-corrected chi connectivity index (χ3v) is 6.57. The van der Waals surface area contributed by atoms with Crippen molar-refractivity contribution < 1.29 is 26.8 Å². The van der Waals surface area contributed by atoms with E-state index in [1.54, 1.807) is 13.0 Å². The number of aryl methyl sites for hydroxylation is 1. The topological polar surface area (TPSA) is 121 Å². The molecule has 13 heteroatoms. The number of anilines is 1. The number of alkyl halides is 3. The first-order valence-corrected chi connectivity index (χ1v) is 11.1.